The van der Waals surface area contributed by atoms with Crippen LogP contribution in [0.4, 0.5) is 5.69 Å². The van der Waals surface area contributed by atoms with Crippen molar-refractivity contribution in [3.05, 3.63) is 46.0 Å². The Morgan fingerprint density at radius 3 is 2.33 bits per heavy atom. The molecule has 1 N–H and O–H groups in total. The summed E-state index contributed by atoms with van der Waals surface area (Å²) >= 11 is 12.4. The molecule has 2 aromatic rings. The van der Waals surface area contributed by atoms with Crippen LogP contribution in [-0.2, 0) is 0 Å². The van der Waals surface area contributed by atoms with E-state index in [1.165, 1.54) is 6.26 Å². The first-order chi connectivity index (χ1) is 8.49. The number of anilines is 1. The molecule has 1 heterocycles. The Hall–Kier alpha value is 0.450. The molecule has 1 aromatic heterocycles. The molecule has 0 unspecified atom stereocenters. The third-order valence-electron chi connectivity index (χ3n) is 2.11. The van der Waals surface area contributed by atoms with Crippen molar-refractivity contribution in [2.45, 2.75) is 0 Å². The molecule has 0 spiro atoms. The van der Waals surface area contributed by atoms with Gasteiger partial charge in [0.1, 0.15) is 0 Å². The van der Waals surface area contributed by atoms with E-state index >= 15 is 0 Å². The van der Waals surface area contributed by atoms with Gasteiger partial charge in [-0.2, -0.15) is 0 Å². The number of nitrogens with one attached hydrogen (secondary N) is 1. The maximum atomic E-state index is 12.0. The highest BCUT2D eigenvalue weighted by Gasteiger charge is 2.16. The monoisotopic (exact) mass is 599 g/mol. The molecule has 0 radical (unpaired) electrons. The lowest BCUT2D eigenvalue weighted by atomic mass is 10.3. The number of hydrogen-bond donors (Lipinski definition) is 1. The SMILES string of the molecule is O=C(Nc1c(I)cc(I)cc1I)c1ccoc1Cl. The van der Waals surface area contributed by atoms with Crippen LogP contribution in [0.1, 0.15) is 10.4 Å². The van der Waals surface area contributed by atoms with Gasteiger partial charge in [-0.05, 0) is 97.6 Å². The lowest BCUT2D eigenvalue weighted by Gasteiger charge is -2.09. The molecule has 18 heavy (non-hydrogen) atoms. The maximum absolute atomic E-state index is 12.0. The molecule has 3 nitrogen and oxygen atoms in total. The summed E-state index contributed by atoms with van der Waals surface area (Å²) < 4.78 is 7.99. The van der Waals surface area contributed by atoms with Gasteiger partial charge in [0.2, 0.25) is 5.22 Å². The van der Waals surface area contributed by atoms with E-state index < -0.39 is 0 Å². The second kappa shape index (κ2) is 6.27. The van der Waals surface area contributed by atoms with Crippen LogP contribution in [-0.4, -0.2) is 5.91 Å². The van der Waals surface area contributed by atoms with E-state index in [1.807, 2.05) is 12.1 Å². The van der Waals surface area contributed by atoms with Crippen molar-refractivity contribution >= 4 is 91.0 Å². The number of furan rings is 1. The molecule has 0 atom stereocenters. The summed E-state index contributed by atoms with van der Waals surface area (Å²) in [6, 6.07) is 5.54. The van der Waals surface area contributed by atoms with Crippen LogP contribution in [0.5, 0.6) is 0 Å². The molecule has 0 aliphatic heterocycles. The maximum Gasteiger partial charge on any atom is 0.260 e. The van der Waals surface area contributed by atoms with Gasteiger partial charge >= 0.3 is 0 Å². The van der Waals surface area contributed by atoms with E-state index in [0.29, 0.717) is 5.56 Å². The minimum absolute atomic E-state index is 0.100. The fraction of sp³-hybridized carbons (Fsp3) is 0. The molecular formula is C11H5ClI3NO2. The lowest BCUT2D eigenvalue weighted by Crippen LogP contribution is -2.13. The molecule has 0 fully saturated rings. The van der Waals surface area contributed by atoms with Gasteiger partial charge in [-0.15, -0.1) is 0 Å². The van der Waals surface area contributed by atoms with Crippen LogP contribution in [0.15, 0.2) is 28.9 Å². The molecule has 1 aromatic carbocycles. The fourth-order valence-electron chi connectivity index (χ4n) is 1.30. The minimum atomic E-state index is -0.272. The number of carbonyl (C=O) groups excluding carboxylic acids is 1. The Labute approximate surface area is 149 Å². The Morgan fingerprint density at radius 2 is 1.83 bits per heavy atom. The highest BCUT2D eigenvalue weighted by Crippen LogP contribution is 2.28. The summed E-state index contributed by atoms with van der Waals surface area (Å²) in [5.41, 5.74) is 1.13. The summed E-state index contributed by atoms with van der Waals surface area (Å²) in [6.45, 7) is 0. The largest absolute Gasteiger partial charge is 0.452 e. The van der Waals surface area contributed by atoms with Crippen LogP contribution in [0.25, 0.3) is 0 Å². The van der Waals surface area contributed by atoms with Gasteiger partial charge in [0.15, 0.2) is 0 Å². The molecule has 0 aliphatic carbocycles. The Kier molecular flexibility index (Phi) is 5.17. The van der Waals surface area contributed by atoms with Gasteiger partial charge in [-0.25, -0.2) is 0 Å². The van der Waals surface area contributed by atoms with Crippen molar-refractivity contribution in [2.75, 3.05) is 5.32 Å². The van der Waals surface area contributed by atoms with E-state index in [-0.39, 0.29) is 11.1 Å². The van der Waals surface area contributed by atoms with E-state index in [1.54, 1.807) is 6.07 Å². The zero-order chi connectivity index (χ0) is 13.3. The average Bonchev–Trinajstić information content (AvgIpc) is 2.69. The number of rotatable bonds is 2. The molecule has 0 saturated carbocycles. The second-order valence-electron chi connectivity index (χ2n) is 3.31. The molecule has 94 valence electrons. The first kappa shape index (κ1) is 14.9. The zero-order valence-corrected chi connectivity index (χ0v) is 15.9. The average molecular weight is 599 g/mol. The second-order valence-corrected chi connectivity index (χ2v) is 7.22. The Balaban J connectivity index is 2.31. The topological polar surface area (TPSA) is 42.2 Å². The first-order valence-electron chi connectivity index (χ1n) is 4.68. The third kappa shape index (κ3) is 3.31. The van der Waals surface area contributed by atoms with Gasteiger partial charge in [-0.3, -0.25) is 4.79 Å². The van der Waals surface area contributed by atoms with Crippen LogP contribution in [0, 0.1) is 10.7 Å². The van der Waals surface area contributed by atoms with Crippen molar-refractivity contribution in [3.63, 3.8) is 0 Å². The molecule has 2 rings (SSSR count). The predicted molar refractivity (Wildman–Crippen MR) is 96.3 cm³/mol. The van der Waals surface area contributed by atoms with Crippen molar-refractivity contribution < 1.29 is 9.21 Å². The molecule has 7 heteroatoms. The number of benzene rings is 1. The lowest BCUT2D eigenvalue weighted by molar-refractivity contribution is 0.102. The third-order valence-corrected chi connectivity index (χ3v) is 4.73. The normalized spacial score (nSPS) is 10.4. The van der Waals surface area contributed by atoms with Gasteiger partial charge in [0.05, 0.1) is 17.5 Å². The number of amides is 1. The van der Waals surface area contributed by atoms with E-state index in [4.69, 9.17) is 16.0 Å². The highest BCUT2D eigenvalue weighted by molar-refractivity contribution is 14.1. The van der Waals surface area contributed by atoms with Gasteiger partial charge < -0.3 is 9.73 Å². The van der Waals surface area contributed by atoms with Gasteiger partial charge in [0, 0.05) is 10.7 Å². The molecule has 1 amide bonds. The summed E-state index contributed by atoms with van der Waals surface area (Å²) in [7, 11) is 0. The smallest absolute Gasteiger partial charge is 0.260 e. The van der Waals surface area contributed by atoms with Gasteiger partial charge in [-0.1, -0.05) is 0 Å². The highest BCUT2D eigenvalue weighted by atomic mass is 127. The number of hydrogen-bond acceptors (Lipinski definition) is 2. The van der Waals surface area contributed by atoms with Crippen LogP contribution in [0.3, 0.4) is 0 Å². The molecule has 0 saturated heterocycles. The Morgan fingerprint density at radius 1 is 1.22 bits per heavy atom. The summed E-state index contributed by atoms with van der Waals surface area (Å²) in [5.74, 6) is -0.272. The van der Waals surface area contributed by atoms with Crippen LogP contribution < -0.4 is 5.32 Å². The van der Waals surface area contributed by atoms with Crippen LogP contribution >= 0.6 is 79.4 Å². The standard InChI is InChI=1S/C11H5ClI3NO2/c12-10-6(1-2-18-10)11(17)16-9-7(14)3-5(13)4-8(9)15/h1-4H,(H,16,17). The van der Waals surface area contributed by atoms with E-state index in [0.717, 1.165) is 16.4 Å². The van der Waals surface area contributed by atoms with Gasteiger partial charge in [0.25, 0.3) is 5.91 Å². The predicted octanol–water partition coefficient (Wildman–Crippen LogP) is 5.00. The molecule has 0 bridgehead atoms. The minimum Gasteiger partial charge on any atom is -0.452 e. The molecular weight excluding hydrogens is 594 g/mol. The summed E-state index contributed by atoms with van der Waals surface area (Å²) in [5, 5.41) is 2.95. The summed E-state index contributed by atoms with van der Waals surface area (Å²) in [6.07, 6.45) is 1.39. The van der Waals surface area contributed by atoms with E-state index in [9.17, 15) is 4.79 Å². The quantitative estimate of drug-likeness (QED) is 0.495. The van der Waals surface area contributed by atoms with E-state index in [2.05, 4.69) is 73.1 Å². The number of halogens is 4. The Bertz CT molecular complexity index is 589. The van der Waals surface area contributed by atoms with Crippen molar-refractivity contribution in [3.8, 4) is 0 Å². The first-order valence-corrected chi connectivity index (χ1v) is 8.29. The fourth-order valence-corrected chi connectivity index (χ4v) is 5.35. The van der Waals surface area contributed by atoms with Crippen molar-refractivity contribution in [1.29, 1.82) is 0 Å². The molecule has 0 aliphatic rings. The zero-order valence-electron chi connectivity index (χ0n) is 8.64. The summed E-state index contributed by atoms with van der Waals surface area (Å²) in [4.78, 5) is 12.0. The van der Waals surface area contributed by atoms with Crippen LogP contribution in [0.2, 0.25) is 5.22 Å². The van der Waals surface area contributed by atoms with Crippen molar-refractivity contribution in [1.82, 2.24) is 0 Å². The number of carbonyl (C=O) groups is 1. The van der Waals surface area contributed by atoms with Crippen molar-refractivity contribution in [2.24, 2.45) is 0 Å².